The van der Waals surface area contributed by atoms with Crippen molar-refractivity contribution in [3.8, 4) is 0 Å². The number of carbonyl (C=O) groups is 1. The number of esters is 1. The minimum absolute atomic E-state index is 0.127. The molecule has 0 N–H and O–H groups in total. The molecule has 9 heteroatoms. The average Bonchev–Trinajstić information content (AvgIpc) is 3.35. The summed E-state index contributed by atoms with van der Waals surface area (Å²) in [6.45, 7) is 1.07. The molecule has 0 spiro atoms. The Kier molecular flexibility index (Phi) is 10.0. The lowest BCUT2D eigenvalue weighted by Crippen LogP contribution is -2.40. The summed E-state index contributed by atoms with van der Waals surface area (Å²) in [6, 6.07) is 34.3. The maximum Gasteiger partial charge on any atom is 0.340 e. The summed E-state index contributed by atoms with van der Waals surface area (Å²) >= 11 is 0. The van der Waals surface area contributed by atoms with E-state index >= 15 is 0 Å². The Labute approximate surface area is 243 Å². The fraction of sp³-hybridized carbons (Fsp3) is 0.242. The summed E-state index contributed by atoms with van der Waals surface area (Å²) in [5.41, 5.74) is 2.93. The molecule has 5 rings (SSSR count). The summed E-state index contributed by atoms with van der Waals surface area (Å²) in [5.74, 6) is -0.698. The van der Waals surface area contributed by atoms with Gasteiger partial charge in [-0.2, -0.15) is 0 Å². The Morgan fingerprint density at radius 2 is 1.19 bits per heavy atom. The average molecular weight is 570 g/mol. The van der Waals surface area contributed by atoms with Crippen LogP contribution in [0.5, 0.6) is 0 Å². The molecule has 0 radical (unpaired) electrons. The summed E-state index contributed by atoms with van der Waals surface area (Å²) in [4.78, 5) is 23.6. The van der Waals surface area contributed by atoms with Gasteiger partial charge in [0.2, 0.25) is 6.29 Å². The molecule has 0 bridgehead atoms. The van der Waals surface area contributed by atoms with Crippen molar-refractivity contribution >= 4 is 11.7 Å². The predicted molar refractivity (Wildman–Crippen MR) is 153 cm³/mol. The van der Waals surface area contributed by atoms with Gasteiger partial charge in [-0.1, -0.05) is 91.0 Å². The smallest absolute Gasteiger partial charge is 0.340 e. The van der Waals surface area contributed by atoms with Gasteiger partial charge in [-0.3, -0.25) is 10.1 Å². The van der Waals surface area contributed by atoms with Gasteiger partial charge in [-0.25, -0.2) is 4.79 Å². The highest BCUT2D eigenvalue weighted by Gasteiger charge is 2.48. The summed E-state index contributed by atoms with van der Waals surface area (Å²) < 4.78 is 30.7. The van der Waals surface area contributed by atoms with Crippen LogP contribution in [0.2, 0.25) is 0 Å². The van der Waals surface area contributed by atoms with Gasteiger partial charge in [0.05, 0.1) is 36.9 Å². The lowest BCUT2D eigenvalue weighted by molar-refractivity contribution is -0.384. The summed E-state index contributed by atoms with van der Waals surface area (Å²) in [7, 11) is 0. The van der Waals surface area contributed by atoms with Gasteiger partial charge in [0.25, 0.3) is 5.69 Å². The highest BCUT2D eigenvalue weighted by molar-refractivity contribution is 5.89. The molecular formula is C33H31NO8. The standard InChI is InChI=1S/C33H31NO8/c35-32(27-16-18-28(19-17-27)34(36)37)42-33-31(40-22-26-14-8-3-9-15-26)30(39-21-25-12-6-2-7-13-25)29(41-33)23-38-20-24-10-4-1-5-11-24/h1-19,29-31,33H,20-23H2/t29-,30?,31-,33+/m1/s1. The molecule has 1 saturated heterocycles. The molecule has 1 unspecified atom stereocenters. The molecule has 0 aliphatic carbocycles. The van der Waals surface area contributed by atoms with Crippen LogP contribution in [-0.2, 0) is 43.5 Å². The van der Waals surface area contributed by atoms with E-state index in [1.165, 1.54) is 24.3 Å². The highest BCUT2D eigenvalue weighted by atomic mass is 16.7. The molecule has 1 fully saturated rings. The van der Waals surface area contributed by atoms with Gasteiger partial charge in [0, 0.05) is 12.1 Å². The first-order chi connectivity index (χ1) is 20.6. The maximum atomic E-state index is 13.1. The molecule has 4 aromatic rings. The normalized spacial score (nSPS) is 19.8. The molecule has 0 amide bonds. The third kappa shape index (κ3) is 7.86. The zero-order valence-electron chi connectivity index (χ0n) is 22.8. The minimum Gasteiger partial charge on any atom is -0.429 e. The maximum absolute atomic E-state index is 13.1. The Hall–Kier alpha value is -4.41. The lowest BCUT2D eigenvalue weighted by atomic mass is 10.1. The molecule has 9 nitrogen and oxygen atoms in total. The number of ether oxygens (including phenoxy) is 5. The van der Waals surface area contributed by atoms with Crippen LogP contribution in [0.15, 0.2) is 115 Å². The van der Waals surface area contributed by atoms with E-state index in [2.05, 4.69) is 0 Å². The first-order valence-electron chi connectivity index (χ1n) is 13.6. The molecule has 42 heavy (non-hydrogen) atoms. The van der Waals surface area contributed by atoms with Crippen molar-refractivity contribution in [3.63, 3.8) is 0 Å². The number of benzene rings is 4. The summed E-state index contributed by atoms with van der Waals surface area (Å²) in [5, 5.41) is 11.0. The van der Waals surface area contributed by atoms with Crippen molar-refractivity contribution in [3.05, 3.63) is 148 Å². The number of rotatable bonds is 13. The van der Waals surface area contributed by atoms with Crippen LogP contribution >= 0.6 is 0 Å². The number of nitrogens with zero attached hydrogens (tertiary/aromatic N) is 1. The van der Waals surface area contributed by atoms with Crippen LogP contribution in [0.4, 0.5) is 5.69 Å². The van der Waals surface area contributed by atoms with E-state index in [-0.39, 0.29) is 31.1 Å². The van der Waals surface area contributed by atoms with Gasteiger partial charge in [0.1, 0.15) is 18.3 Å². The van der Waals surface area contributed by atoms with Crippen molar-refractivity contribution in [2.24, 2.45) is 0 Å². The first-order valence-corrected chi connectivity index (χ1v) is 13.6. The van der Waals surface area contributed by atoms with E-state index < -0.39 is 35.5 Å². The fourth-order valence-corrected chi connectivity index (χ4v) is 4.59. The van der Waals surface area contributed by atoms with E-state index in [0.717, 1.165) is 16.7 Å². The van der Waals surface area contributed by atoms with Gasteiger partial charge < -0.3 is 23.7 Å². The molecule has 4 atom stereocenters. The van der Waals surface area contributed by atoms with Crippen LogP contribution in [-0.4, -0.2) is 42.1 Å². The number of hydrogen-bond acceptors (Lipinski definition) is 8. The molecule has 216 valence electrons. The second-order valence-electron chi connectivity index (χ2n) is 9.78. The monoisotopic (exact) mass is 569 g/mol. The number of carbonyl (C=O) groups excluding carboxylic acids is 1. The second-order valence-corrected chi connectivity index (χ2v) is 9.78. The Balaban J connectivity index is 1.35. The lowest BCUT2D eigenvalue weighted by Gasteiger charge is -2.25. The number of nitro benzene ring substituents is 1. The summed E-state index contributed by atoms with van der Waals surface area (Å²) in [6.07, 6.45) is -3.11. The van der Waals surface area contributed by atoms with Gasteiger partial charge in [0.15, 0.2) is 0 Å². The first kappa shape index (κ1) is 29.1. The Morgan fingerprint density at radius 3 is 1.71 bits per heavy atom. The third-order valence-electron chi connectivity index (χ3n) is 6.77. The predicted octanol–water partition coefficient (Wildman–Crippen LogP) is 5.86. The van der Waals surface area contributed by atoms with E-state index in [9.17, 15) is 14.9 Å². The van der Waals surface area contributed by atoms with E-state index in [4.69, 9.17) is 23.7 Å². The molecule has 1 aliphatic heterocycles. The molecule has 0 aromatic heterocycles. The van der Waals surface area contributed by atoms with E-state index in [1.54, 1.807) is 0 Å². The molecule has 1 heterocycles. The van der Waals surface area contributed by atoms with Crippen molar-refractivity contribution in [2.45, 2.75) is 44.4 Å². The van der Waals surface area contributed by atoms with Crippen LogP contribution in [0.25, 0.3) is 0 Å². The number of nitro groups is 1. The van der Waals surface area contributed by atoms with E-state index in [0.29, 0.717) is 6.61 Å². The van der Waals surface area contributed by atoms with Crippen molar-refractivity contribution in [2.75, 3.05) is 6.61 Å². The molecule has 4 aromatic carbocycles. The van der Waals surface area contributed by atoms with Gasteiger partial charge >= 0.3 is 5.97 Å². The number of non-ortho nitro benzene ring substituents is 1. The fourth-order valence-electron chi connectivity index (χ4n) is 4.59. The van der Waals surface area contributed by atoms with E-state index in [1.807, 2.05) is 91.0 Å². The highest BCUT2D eigenvalue weighted by Crippen LogP contribution is 2.31. The van der Waals surface area contributed by atoms with Crippen LogP contribution in [0.1, 0.15) is 27.0 Å². The van der Waals surface area contributed by atoms with Crippen molar-refractivity contribution in [1.82, 2.24) is 0 Å². The van der Waals surface area contributed by atoms with Gasteiger partial charge in [-0.15, -0.1) is 0 Å². The quantitative estimate of drug-likeness (QED) is 0.112. The largest absolute Gasteiger partial charge is 0.429 e. The Bertz CT molecular complexity index is 1420. The van der Waals surface area contributed by atoms with Crippen LogP contribution in [0.3, 0.4) is 0 Å². The number of hydrogen-bond donors (Lipinski definition) is 0. The zero-order chi connectivity index (χ0) is 29.1. The minimum atomic E-state index is -1.11. The molecule has 1 aliphatic rings. The topological polar surface area (TPSA) is 106 Å². The van der Waals surface area contributed by atoms with Crippen LogP contribution in [0, 0.1) is 10.1 Å². The Morgan fingerprint density at radius 1 is 0.690 bits per heavy atom. The third-order valence-corrected chi connectivity index (χ3v) is 6.77. The van der Waals surface area contributed by atoms with Crippen molar-refractivity contribution in [1.29, 1.82) is 0 Å². The zero-order valence-corrected chi connectivity index (χ0v) is 22.8. The second kappa shape index (κ2) is 14.5. The van der Waals surface area contributed by atoms with Crippen LogP contribution < -0.4 is 0 Å². The van der Waals surface area contributed by atoms with Crippen molar-refractivity contribution < 1.29 is 33.4 Å². The van der Waals surface area contributed by atoms with Gasteiger partial charge in [-0.05, 0) is 28.8 Å². The molecular weight excluding hydrogens is 538 g/mol. The molecule has 0 saturated carbocycles. The SMILES string of the molecule is O=C(O[C@@H]1O[C@H](COCc2ccccc2)C(OCc2ccccc2)[C@H]1OCc1ccccc1)c1ccc([N+](=O)[O-])cc1.